The van der Waals surface area contributed by atoms with Gasteiger partial charge in [0.2, 0.25) is 0 Å². The van der Waals surface area contributed by atoms with Crippen LogP contribution in [0.25, 0.3) is 0 Å². The third-order valence-electron chi connectivity index (χ3n) is 5.05. The molecular weight excluding hydrogens is 362 g/mol. The average Bonchev–Trinajstić information content (AvgIpc) is 2.73. The van der Waals surface area contributed by atoms with Crippen molar-refractivity contribution >= 4 is 11.9 Å². The number of nitrogens with zero attached hydrogens (tertiary/aromatic N) is 2. The highest BCUT2D eigenvalue weighted by Crippen LogP contribution is 2.12. The first-order valence-electron chi connectivity index (χ1n) is 11.2. The topological polar surface area (TPSA) is 70.0 Å². The van der Waals surface area contributed by atoms with Crippen LogP contribution in [0.4, 0.5) is 0 Å². The van der Waals surface area contributed by atoms with E-state index in [1.54, 1.807) is 7.11 Å². The standard InChI is InChI=1S/C23H39N5O/c1-4-5-6-7-8-9-10-11-12-17-24-22-26-19(2)27-23(28-22)25-18-20-13-15-21(29-3)16-14-20/h13-16,19H,4-12,17-18H2,1-3H3,(H3,24,25,26,27,28). The molecule has 0 aliphatic carbocycles. The van der Waals surface area contributed by atoms with E-state index in [9.17, 15) is 0 Å². The smallest absolute Gasteiger partial charge is 0.200 e. The molecule has 0 bridgehead atoms. The zero-order valence-electron chi connectivity index (χ0n) is 18.5. The summed E-state index contributed by atoms with van der Waals surface area (Å²) in [6.07, 6.45) is 12.1. The third-order valence-corrected chi connectivity index (χ3v) is 5.05. The molecular formula is C23H39N5O. The van der Waals surface area contributed by atoms with Gasteiger partial charge in [-0.1, -0.05) is 70.4 Å². The Kier molecular flexibility index (Phi) is 11.0. The summed E-state index contributed by atoms with van der Waals surface area (Å²) < 4.78 is 5.20. The Morgan fingerprint density at radius 2 is 1.41 bits per heavy atom. The molecule has 1 atom stereocenters. The van der Waals surface area contributed by atoms with Crippen molar-refractivity contribution in [2.75, 3.05) is 13.7 Å². The van der Waals surface area contributed by atoms with Gasteiger partial charge in [-0.05, 0) is 31.0 Å². The first-order chi connectivity index (χ1) is 14.2. The van der Waals surface area contributed by atoms with Crippen molar-refractivity contribution in [2.45, 2.75) is 84.3 Å². The third kappa shape index (κ3) is 9.68. The Hall–Kier alpha value is -2.24. The molecule has 0 aromatic heterocycles. The van der Waals surface area contributed by atoms with Crippen molar-refractivity contribution in [3.8, 4) is 5.75 Å². The average molecular weight is 402 g/mol. The molecule has 3 N–H and O–H groups in total. The minimum Gasteiger partial charge on any atom is -0.497 e. The van der Waals surface area contributed by atoms with E-state index in [-0.39, 0.29) is 6.17 Å². The number of ether oxygens (including phenoxy) is 1. The van der Waals surface area contributed by atoms with Crippen LogP contribution in [-0.2, 0) is 6.54 Å². The van der Waals surface area contributed by atoms with Crippen molar-refractivity contribution < 1.29 is 4.74 Å². The molecule has 1 fully saturated rings. The number of rotatable bonds is 13. The van der Waals surface area contributed by atoms with Crippen LogP contribution in [0.3, 0.4) is 0 Å². The number of methoxy groups -OCH3 is 1. The fraction of sp³-hybridized carbons (Fsp3) is 0.652. The molecule has 2 rings (SSSR count). The van der Waals surface area contributed by atoms with Gasteiger partial charge in [0.1, 0.15) is 5.75 Å². The summed E-state index contributed by atoms with van der Waals surface area (Å²) in [6.45, 7) is 5.79. The SMILES string of the molecule is CCCCCCCCCCCN=C1NC(=NCc2ccc(OC)cc2)NC(C)N1. The van der Waals surface area contributed by atoms with Crippen LogP contribution >= 0.6 is 0 Å². The fourth-order valence-electron chi connectivity index (χ4n) is 3.32. The lowest BCUT2D eigenvalue weighted by Gasteiger charge is -2.27. The first kappa shape index (κ1) is 23.0. The van der Waals surface area contributed by atoms with E-state index in [1.807, 2.05) is 24.3 Å². The van der Waals surface area contributed by atoms with Crippen LogP contribution in [0.15, 0.2) is 34.3 Å². The predicted octanol–water partition coefficient (Wildman–Crippen LogP) is 4.57. The summed E-state index contributed by atoms with van der Waals surface area (Å²) >= 11 is 0. The predicted molar refractivity (Wildman–Crippen MR) is 123 cm³/mol. The largest absolute Gasteiger partial charge is 0.497 e. The minimum atomic E-state index is 0.104. The lowest BCUT2D eigenvalue weighted by Crippen LogP contribution is -2.62. The highest BCUT2D eigenvalue weighted by Gasteiger charge is 2.15. The van der Waals surface area contributed by atoms with Crippen LogP contribution in [0, 0.1) is 0 Å². The highest BCUT2D eigenvalue weighted by molar-refractivity contribution is 6.00. The molecule has 162 valence electrons. The van der Waals surface area contributed by atoms with E-state index in [1.165, 1.54) is 51.4 Å². The van der Waals surface area contributed by atoms with E-state index in [4.69, 9.17) is 4.74 Å². The van der Waals surface area contributed by atoms with Crippen molar-refractivity contribution in [3.05, 3.63) is 29.8 Å². The molecule has 1 aromatic carbocycles. The molecule has 1 aliphatic rings. The number of unbranched alkanes of at least 4 members (excludes halogenated alkanes) is 8. The summed E-state index contributed by atoms with van der Waals surface area (Å²) in [7, 11) is 1.68. The minimum absolute atomic E-state index is 0.104. The molecule has 1 saturated heterocycles. The van der Waals surface area contributed by atoms with Gasteiger partial charge in [-0.2, -0.15) is 0 Å². The van der Waals surface area contributed by atoms with Gasteiger partial charge in [-0.3, -0.25) is 10.3 Å². The molecule has 6 heteroatoms. The van der Waals surface area contributed by atoms with Crippen molar-refractivity contribution in [2.24, 2.45) is 9.98 Å². The number of hydrogen-bond acceptors (Lipinski definition) is 3. The maximum absolute atomic E-state index is 5.20. The molecule has 0 spiro atoms. The van der Waals surface area contributed by atoms with Crippen LogP contribution in [0.1, 0.15) is 77.2 Å². The Labute approximate surface area is 176 Å². The molecule has 1 aliphatic heterocycles. The van der Waals surface area contributed by atoms with Gasteiger partial charge in [0.15, 0.2) is 11.9 Å². The number of benzene rings is 1. The van der Waals surface area contributed by atoms with Gasteiger partial charge in [-0.25, -0.2) is 4.99 Å². The first-order valence-corrected chi connectivity index (χ1v) is 11.2. The fourth-order valence-corrected chi connectivity index (χ4v) is 3.32. The monoisotopic (exact) mass is 401 g/mol. The van der Waals surface area contributed by atoms with E-state index in [0.29, 0.717) is 6.54 Å². The van der Waals surface area contributed by atoms with Gasteiger partial charge in [0.05, 0.1) is 19.8 Å². The molecule has 0 amide bonds. The Morgan fingerprint density at radius 1 is 0.828 bits per heavy atom. The number of guanidine groups is 2. The number of aliphatic imine (C=N–C) groups is 2. The summed E-state index contributed by atoms with van der Waals surface area (Å²) in [5.41, 5.74) is 1.14. The molecule has 1 unspecified atom stereocenters. The quantitative estimate of drug-likeness (QED) is 0.424. The summed E-state index contributed by atoms with van der Waals surface area (Å²) in [4.78, 5) is 9.32. The number of nitrogens with one attached hydrogen (secondary N) is 3. The van der Waals surface area contributed by atoms with Gasteiger partial charge >= 0.3 is 0 Å². The van der Waals surface area contributed by atoms with Gasteiger partial charge in [0.25, 0.3) is 0 Å². The normalized spacial score (nSPS) is 18.9. The maximum atomic E-state index is 5.20. The second-order valence-corrected chi connectivity index (χ2v) is 7.71. The summed E-state index contributed by atoms with van der Waals surface area (Å²) in [5, 5.41) is 9.88. The van der Waals surface area contributed by atoms with Gasteiger partial charge in [0, 0.05) is 6.54 Å². The van der Waals surface area contributed by atoms with Crippen LogP contribution in [0.5, 0.6) is 5.75 Å². The summed E-state index contributed by atoms with van der Waals surface area (Å²) in [5.74, 6) is 2.43. The lowest BCUT2D eigenvalue weighted by molar-refractivity contribution is 0.414. The molecule has 29 heavy (non-hydrogen) atoms. The Bertz CT molecular complexity index is 627. The lowest BCUT2D eigenvalue weighted by atomic mass is 10.1. The van der Waals surface area contributed by atoms with E-state index < -0.39 is 0 Å². The van der Waals surface area contributed by atoms with Crippen LogP contribution in [-0.4, -0.2) is 31.7 Å². The van der Waals surface area contributed by atoms with Crippen LogP contribution < -0.4 is 20.7 Å². The van der Waals surface area contributed by atoms with Crippen molar-refractivity contribution in [1.29, 1.82) is 0 Å². The second-order valence-electron chi connectivity index (χ2n) is 7.71. The van der Waals surface area contributed by atoms with Gasteiger partial charge in [-0.15, -0.1) is 0 Å². The van der Waals surface area contributed by atoms with Gasteiger partial charge < -0.3 is 15.4 Å². The molecule has 1 aromatic rings. The Morgan fingerprint density at radius 3 is 2.03 bits per heavy atom. The zero-order valence-corrected chi connectivity index (χ0v) is 18.5. The van der Waals surface area contributed by atoms with E-state index in [0.717, 1.165) is 36.2 Å². The maximum Gasteiger partial charge on any atom is 0.200 e. The van der Waals surface area contributed by atoms with E-state index >= 15 is 0 Å². The Balaban J connectivity index is 1.67. The highest BCUT2D eigenvalue weighted by atomic mass is 16.5. The second kappa shape index (κ2) is 13.9. The zero-order chi connectivity index (χ0) is 20.7. The van der Waals surface area contributed by atoms with E-state index in [2.05, 4.69) is 39.8 Å². The molecule has 0 radical (unpaired) electrons. The van der Waals surface area contributed by atoms with Crippen LogP contribution in [0.2, 0.25) is 0 Å². The van der Waals surface area contributed by atoms with Crippen molar-refractivity contribution in [3.63, 3.8) is 0 Å². The molecule has 0 saturated carbocycles. The molecule has 6 nitrogen and oxygen atoms in total. The number of hydrogen-bond donors (Lipinski definition) is 3. The van der Waals surface area contributed by atoms with Crippen molar-refractivity contribution in [1.82, 2.24) is 16.0 Å². The molecule has 1 heterocycles. The summed E-state index contributed by atoms with van der Waals surface area (Å²) in [6, 6.07) is 7.98.